The molecule has 0 aliphatic rings. The number of furan rings is 1. The van der Waals surface area contributed by atoms with Crippen molar-refractivity contribution in [1.29, 1.82) is 0 Å². The molecule has 0 atom stereocenters. The van der Waals surface area contributed by atoms with E-state index in [-0.39, 0.29) is 12.0 Å². The van der Waals surface area contributed by atoms with Crippen LogP contribution >= 0.6 is 0 Å². The highest BCUT2D eigenvalue weighted by atomic mass is 16.3. The van der Waals surface area contributed by atoms with Crippen molar-refractivity contribution < 1.29 is 9.52 Å². The van der Waals surface area contributed by atoms with Crippen molar-refractivity contribution >= 4 is 0 Å². The average molecular weight is 197 g/mol. The number of aliphatic hydroxyl groups is 1. The van der Waals surface area contributed by atoms with E-state index < -0.39 is 0 Å². The zero-order valence-electron chi connectivity index (χ0n) is 8.92. The molecular formula is C11H19NO2. The number of aliphatic hydroxyl groups excluding tert-OH is 1. The first-order chi connectivity index (χ1) is 6.64. The largest absolute Gasteiger partial charge is 0.469 e. The molecule has 1 aromatic heterocycles. The summed E-state index contributed by atoms with van der Waals surface area (Å²) in [5.41, 5.74) is -0.0385. The Hall–Kier alpha value is -0.800. The monoisotopic (exact) mass is 197 g/mol. The van der Waals surface area contributed by atoms with Gasteiger partial charge in [-0.15, -0.1) is 0 Å². The number of nitrogens with one attached hydrogen (secondary N) is 1. The molecule has 0 aliphatic heterocycles. The predicted molar refractivity (Wildman–Crippen MR) is 56.1 cm³/mol. The summed E-state index contributed by atoms with van der Waals surface area (Å²) in [6.07, 6.45) is 2.58. The fourth-order valence-corrected chi connectivity index (χ4v) is 1.15. The van der Waals surface area contributed by atoms with Crippen molar-refractivity contribution in [3.8, 4) is 0 Å². The number of hydrogen-bond donors (Lipinski definition) is 2. The van der Waals surface area contributed by atoms with Gasteiger partial charge in [0.15, 0.2) is 0 Å². The van der Waals surface area contributed by atoms with Crippen LogP contribution in [-0.2, 0) is 6.42 Å². The molecule has 0 fully saturated rings. The predicted octanol–water partition coefficient (Wildman–Crippen LogP) is 1.43. The van der Waals surface area contributed by atoms with Gasteiger partial charge in [0, 0.05) is 31.5 Å². The van der Waals surface area contributed by atoms with E-state index >= 15 is 0 Å². The maximum atomic E-state index is 9.02. The first kappa shape index (κ1) is 11.3. The Bertz CT molecular complexity index is 242. The van der Waals surface area contributed by atoms with Crippen molar-refractivity contribution in [2.75, 3.05) is 19.7 Å². The molecule has 1 heterocycles. The van der Waals surface area contributed by atoms with E-state index in [1.165, 1.54) is 0 Å². The Morgan fingerprint density at radius 3 is 2.86 bits per heavy atom. The van der Waals surface area contributed by atoms with Crippen molar-refractivity contribution in [2.24, 2.45) is 5.41 Å². The van der Waals surface area contributed by atoms with Crippen LogP contribution in [0.15, 0.2) is 22.8 Å². The van der Waals surface area contributed by atoms with Gasteiger partial charge in [-0.1, -0.05) is 13.8 Å². The first-order valence-electron chi connectivity index (χ1n) is 4.98. The molecule has 0 spiro atoms. The van der Waals surface area contributed by atoms with Gasteiger partial charge in [-0.2, -0.15) is 0 Å². The Labute approximate surface area is 85.1 Å². The van der Waals surface area contributed by atoms with E-state index in [4.69, 9.17) is 9.52 Å². The zero-order valence-corrected chi connectivity index (χ0v) is 8.92. The van der Waals surface area contributed by atoms with Crippen molar-refractivity contribution in [1.82, 2.24) is 5.32 Å². The summed E-state index contributed by atoms with van der Waals surface area (Å²) in [6, 6.07) is 3.87. The Morgan fingerprint density at radius 2 is 2.29 bits per heavy atom. The second-order valence-electron chi connectivity index (χ2n) is 4.33. The van der Waals surface area contributed by atoms with Gasteiger partial charge in [0.2, 0.25) is 0 Å². The molecule has 3 heteroatoms. The van der Waals surface area contributed by atoms with Crippen LogP contribution in [0.3, 0.4) is 0 Å². The third-order valence-electron chi connectivity index (χ3n) is 2.16. The van der Waals surface area contributed by atoms with Crippen LogP contribution in [0.1, 0.15) is 19.6 Å². The van der Waals surface area contributed by atoms with Crippen LogP contribution in [0.5, 0.6) is 0 Å². The molecule has 0 unspecified atom stereocenters. The van der Waals surface area contributed by atoms with Gasteiger partial charge in [-0.3, -0.25) is 0 Å². The van der Waals surface area contributed by atoms with Gasteiger partial charge >= 0.3 is 0 Å². The standard InChI is InChI=1S/C11H19NO2/c1-11(2,9-13)8-12-6-5-10-4-3-7-14-10/h3-4,7,12-13H,5-6,8-9H2,1-2H3. The summed E-state index contributed by atoms with van der Waals surface area (Å²) < 4.78 is 5.20. The molecular weight excluding hydrogens is 178 g/mol. The molecule has 1 aromatic rings. The highest BCUT2D eigenvalue weighted by molar-refractivity contribution is 4.98. The van der Waals surface area contributed by atoms with Gasteiger partial charge in [-0.25, -0.2) is 0 Å². The lowest BCUT2D eigenvalue weighted by molar-refractivity contribution is 0.157. The minimum absolute atomic E-state index is 0.0385. The van der Waals surface area contributed by atoms with E-state index in [1.807, 2.05) is 26.0 Å². The Morgan fingerprint density at radius 1 is 1.50 bits per heavy atom. The average Bonchev–Trinajstić information content (AvgIpc) is 2.65. The summed E-state index contributed by atoms with van der Waals surface area (Å²) >= 11 is 0. The van der Waals surface area contributed by atoms with Crippen LogP contribution in [0.25, 0.3) is 0 Å². The molecule has 1 rings (SSSR count). The van der Waals surface area contributed by atoms with Crippen LogP contribution in [0, 0.1) is 5.41 Å². The van der Waals surface area contributed by atoms with Gasteiger partial charge in [-0.05, 0) is 12.1 Å². The SMILES string of the molecule is CC(C)(CO)CNCCc1ccco1. The Balaban J connectivity index is 2.11. The molecule has 3 nitrogen and oxygen atoms in total. The minimum Gasteiger partial charge on any atom is -0.469 e. The minimum atomic E-state index is -0.0385. The normalized spacial score (nSPS) is 11.9. The van der Waals surface area contributed by atoms with Crippen LogP contribution in [0.2, 0.25) is 0 Å². The van der Waals surface area contributed by atoms with E-state index in [2.05, 4.69) is 5.32 Å². The summed E-state index contributed by atoms with van der Waals surface area (Å²) in [7, 11) is 0. The molecule has 0 bridgehead atoms. The lowest BCUT2D eigenvalue weighted by atomic mass is 9.95. The summed E-state index contributed by atoms with van der Waals surface area (Å²) in [5, 5.41) is 12.3. The van der Waals surface area contributed by atoms with Crippen LogP contribution < -0.4 is 5.32 Å². The van der Waals surface area contributed by atoms with Crippen molar-refractivity contribution in [3.63, 3.8) is 0 Å². The molecule has 0 aliphatic carbocycles. The van der Waals surface area contributed by atoms with E-state index in [0.29, 0.717) is 0 Å². The second kappa shape index (κ2) is 5.17. The van der Waals surface area contributed by atoms with Crippen molar-refractivity contribution in [3.05, 3.63) is 24.2 Å². The summed E-state index contributed by atoms with van der Waals surface area (Å²) in [5.74, 6) is 0.999. The molecule has 0 aromatic carbocycles. The highest BCUT2D eigenvalue weighted by Gasteiger charge is 2.15. The molecule has 0 saturated heterocycles. The molecule has 2 N–H and O–H groups in total. The third-order valence-corrected chi connectivity index (χ3v) is 2.16. The van der Waals surface area contributed by atoms with E-state index in [9.17, 15) is 0 Å². The maximum absolute atomic E-state index is 9.02. The molecule has 0 saturated carbocycles. The van der Waals surface area contributed by atoms with Gasteiger partial charge in [0.05, 0.1) is 6.26 Å². The van der Waals surface area contributed by atoms with Gasteiger partial charge in [0.25, 0.3) is 0 Å². The van der Waals surface area contributed by atoms with Crippen LogP contribution in [-0.4, -0.2) is 24.8 Å². The quantitative estimate of drug-likeness (QED) is 0.678. The fourth-order valence-electron chi connectivity index (χ4n) is 1.15. The van der Waals surface area contributed by atoms with E-state index in [1.54, 1.807) is 6.26 Å². The zero-order chi connectivity index (χ0) is 10.4. The number of rotatable bonds is 6. The number of hydrogen-bond acceptors (Lipinski definition) is 3. The highest BCUT2D eigenvalue weighted by Crippen LogP contribution is 2.11. The topological polar surface area (TPSA) is 45.4 Å². The third kappa shape index (κ3) is 3.94. The molecule has 0 radical (unpaired) electrons. The van der Waals surface area contributed by atoms with E-state index in [0.717, 1.165) is 25.3 Å². The van der Waals surface area contributed by atoms with Crippen molar-refractivity contribution in [2.45, 2.75) is 20.3 Å². The van der Waals surface area contributed by atoms with Gasteiger partial charge < -0.3 is 14.8 Å². The maximum Gasteiger partial charge on any atom is 0.105 e. The summed E-state index contributed by atoms with van der Waals surface area (Å²) in [4.78, 5) is 0. The smallest absolute Gasteiger partial charge is 0.105 e. The Kier molecular flexibility index (Phi) is 4.17. The summed E-state index contributed by atoms with van der Waals surface area (Å²) in [6.45, 7) is 5.99. The van der Waals surface area contributed by atoms with Gasteiger partial charge in [0.1, 0.15) is 5.76 Å². The lowest BCUT2D eigenvalue weighted by Gasteiger charge is -2.21. The molecule has 14 heavy (non-hydrogen) atoms. The van der Waals surface area contributed by atoms with Crippen LogP contribution in [0.4, 0.5) is 0 Å². The molecule has 0 amide bonds. The first-order valence-corrected chi connectivity index (χ1v) is 4.98. The molecule has 80 valence electrons. The fraction of sp³-hybridized carbons (Fsp3) is 0.636. The lowest BCUT2D eigenvalue weighted by Crippen LogP contribution is -2.33. The second-order valence-corrected chi connectivity index (χ2v) is 4.33.